The highest BCUT2D eigenvalue weighted by molar-refractivity contribution is 5.46. The Morgan fingerprint density at radius 2 is 2.06 bits per heavy atom. The quantitative estimate of drug-likeness (QED) is 0.753. The van der Waals surface area contributed by atoms with Gasteiger partial charge in [0.1, 0.15) is 5.82 Å². The fourth-order valence-electron chi connectivity index (χ4n) is 2.05. The third-order valence-corrected chi connectivity index (χ3v) is 2.87. The Labute approximate surface area is 94.1 Å². The van der Waals surface area contributed by atoms with Crippen molar-refractivity contribution in [2.24, 2.45) is 0 Å². The average Bonchev–Trinajstić information content (AvgIpc) is 2.69. The van der Waals surface area contributed by atoms with Crippen LogP contribution in [0.5, 0.6) is 0 Å². The molecule has 0 radical (unpaired) electrons. The van der Waals surface area contributed by atoms with E-state index < -0.39 is 0 Å². The Bertz CT molecular complexity index is 498. The molecule has 0 bridgehead atoms. The minimum Gasteiger partial charge on any atom is -0.353 e. The van der Waals surface area contributed by atoms with Gasteiger partial charge in [0.05, 0.1) is 11.9 Å². The largest absolute Gasteiger partial charge is 0.353 e. The lowest BCUT2D eigenvalue weighted by molar-refractivity contribution is 0.581. The van der Waals surface area contributed by atoms with Gasteiger partial charge in [-0.1, -0.05) is 0 Å². The zero-order chi connectivity index (χ0) is 11.0. The molecule has 5 nitrogen and oxygen atoms in total. The molecule has 0 aliphatic carbocycles. The number of nitrogens with one attached hydrogen (secondary N) is 1. The molecule has 1 aliphatic rings. The molecule has 1 aliphatic heterocycles. The SMILES string of the molecule is Cc1cn2nc(N3CCNCC3)ccc2n1. The second-order valence-electron chi connectivity index (χ2n) is 4.11. The monoisotopic (exact) mass is 217 g/mol. The summed E-state index contributed by atoms with van der Waals surface area (Å²) in [6.07, 6.45) is 1.96. The summed E-state index contributed by atoms with van der Waals surface area (Å²) < 4.78 is 1.85. The summed E-state index contributed by atoms with van der Waals surface area (Å²) in [4.78, 5) is 6.67. The van der Waals surface area contributed by atoms with Gasteiger partial charge in [-0.3, -0.25) is 0 Å². The second-order valence-corrected chi connectivity index (χ2v) is 4.11. The maximum atomic E-state index is 4.57. The van der Waals surface area contributed by atoms with Crippen LogP contribution in [0.1, 0.15) is 5.69 Å². The molecule has 0 spiro atoms. The lowest BCUT2D eigenvalue weighted by atomic mass is 10.3. The first-order chi connectivity index (χ1) is 7.83. The van der Waals surface area contributed by atoms with Crippen molar-refractivity contribution < 1.29 is 0 Å². The summed E-state index contributed by atoms with van der Waals surface area (Å²) in [6.45, 7) is 6.09. The van der Waals surface area contributed by atoms with E-state index in [1.54, 1.807) is 0 Å². The smallest absolute Gasteiger partial charge is 0.153 e. The molecule has 2 aromatic heterocycles. The van der Waals surface area contributed by atoms with E-state index in [0.717, 1.165) is 43.3 Å². The molecule has 3 rings (SSSR count). The van der Waals surface area contributed by atoms with Crippen molar-refractivity contribution >= 4 is 11.5 Å². The second kappa shape index (κ2) is 3.75. The fraction of sp³-hybridized carbons (Fsp3) is 0.455. The predicted octanol–water partition coefficient (Wildman–Crippen LogP) is 0.447. The van der Waals surface area contributed by atoms with Gasteiger partial charge >= 0.3 is 0 Å². The molecular weight excluding hydrogens is 202 g/mol. The van der Waals surface area contributed by atoms with Crippen molar-refractivity contribution in [1.82, 2.24) is 19.9 Å². The lowest BCUT2D eigenvalue weighted by Crippen LogP contribution is -2.44. The summed E-state index contributed by atoms with van der Waals surface area (Å²) in [6, 6.07) is 4.07. The fourth-order valence-corrected chi connectivity index (χ4v) is 2.05. The van der Waals surface area contributed by atoms with Crippen molar-refractivity contribution in [2.75, 3.05) is 31.1 Å². The zero-order valence-electron chi connectivity index (χ0n) is 9.35. The highest BCUT2D eigenvalue weighted by atomic mass is 15.3. The van der Waals surface area contributed by atoms with Crippen LogP contribution in [-0.4, -0.2) is 40.8 Å². The van der Waals surface area contributed by atoms with Crippen molar-refractivity contribution in [1.29, 1.82) is 0 Å². The molecule has 2 aromatic rings. The number of imidazole rings is 1. The first kappa shape index (κ1) is 9.59. The Kier molecular flexibility index (Phi) is 2.25. The standard InChI is InChI=1S/C11H15N5/c1-9-8-16-10(13-9)2-3-11(14-16)15-6-4-12-5-7-15/h2-3,8,12H,4-7H2,1H3. The van der Waals surface area contributed by atoms with Gasteiger partial charge in [-0.25, -0.2) is 9.50 Å². The van der Waals surface area contributed by atoms with Gasteiger partial charge in [0.15, 0.2) is 5.65 Å². The van der Waals surface area contributed by atoms with Gasteiger partial charge < -0.3 is 10.2 Å². The van der Waals surface area contributed by atoms with E-state index in [9.17, 15) is 0 Å². The van der Waals surface area contributed by atoms with Gasteiger partial charge in [-0.05, 0) is 19.1 Å². The van der Waals surface area contributed by atoms with Gasteiger partial charge in [0.2, 0.25) is 0 Å². The van der Waals surface area contributed by atoms with E-state index in [0.29, 0.717) is 0 Å². The number of aromatic nitrogens is 3. The van der Waals surface area contributed by atoms with Crippen LogP contribution in [0, 0.1) is 6.92 Å². The molecule has 16 heavy (non-hydrogen) atoms. The van der Waals surface area contributed by atoms with Crippen LogP contribution in [0.25, 0.3) is 5.65 Å². The minimum atomic E-state index is 0.913. The van der Waals surface area contributed by atoms with E-state index >= 15 is 0 Å². The van der Waals surface area contributed by atoms with Crippen LogP contribution in [0.4, 0.5) is 5.82 Å². The Morgan fingerprint density at radius 1 is 1.25 bits per heavy atom. The molecule has 0 atom stereocenters. The zero-order valence-corrected chi connectivity index (χ0v) is 9.35. The van der Waals surface area contributed by atoms with Gasteiger partial charge in [-0.15, -0.1) is 5.10 Å². The molecule has 0 amide bonds. The molecule has 0 saturated carbocycles. The molecule has 0 unspecified atom stereocenters. The summed E-state index contributed by atoms with van der Waals surface area (Å²) in [5, 5.41) is 7.91. The lowest BCUT2D eigenvalue weighted by Gasteiger charge is -2.28. The Hall–Kier alpha value is -1.62. The van der Waals surface area contributed by atoms with E-state index in [1.807, 2.05) is 29.8 Å². The first-order valence-electron chi connectivity index (χ1n) is 5.62. The topological polar surface area (TPSA) is 45.5 Å². The van der Waals surface area contributed by atoms with Crippen molar-refractivity contribution in [3.63, 3.8) is 0 Å². The summed E-state index contributed by atoms with van der Waals surface area (Å²) in [5.74, 6) is 1.03. The Morgan fingerprint density at radius 3 is 2.88 bits per heavy atom. The molecule has 1 saturated heterocycles. The maximum Gasteiger partial charge on any atom is 0.153 e. The molecule has 3 heterocycles. The summed E-state index contributed by atoms with van der Waals surface area (Å²) in [7, 11) is 0. The molecular formula is C11H15N5. The van der Waals surface area contributed by atoms with Gasteiger partial charge in [-0.2, -0.15) is 0 Å². The predicted molar refractivity (Wildman–Crippen MR) is 62.8 cm³/mol. The normalized spacial score (nSPS) is 16.9. The molecule has 1 N–H and O–H groups in total. The highest BCUT2D eigenvalue weighted by Gasteiger charge is 2.12. The van der Waals surface area contributed by atoms with E-state index in [4.69, 9.17) is 0 Å². The number of rotatable bonds is 1. The third kappa shape index (κ3) is 1.63. The Balaban J connectivity index is 1.97. The van der Waals surface area contributed by atoms with Crippen LogP contribution >= 0.6 is 0 Å². The molecule has 0 aromatic carbocycles. The molecule has 1 fully saturated rings. The van der Waals surface area contributed by atoms with Crippen LogP contribution < -0.4 is 10.2 Å². The van der Waals surface area contributed by atoms with Crippen LogP contribution in [0.3, 0.4) is 0 Å². The number of hydrogen-bond acceptors (Lipinski definition) is 4. The van der Waals surface area contributed by atoms with Crippen molar-refractivity contribution in [3.05, 3.63) is 24.0 Å². The first-order valence-corrected chi connectivity index (χ1v) is 5.62. The summed E-state index contributed by atoms with van der Waals surface area (Å²) >= 11 is 0. The van der Waals surface area contributed by atoms with Crippen LogP contribution in [0.2, 0.25) is 0 Å². The summed E-state index contributed by atoms with van der Waals surface area (Å²) in [5.41, 5.74) is 1.92. The third-order valence-electron chi connectivity index (χ3n) is 2.87. The van der Waals surface area contributed by atoms with Crippen molar-refractivity contribution in [3.8, 4) is 0 Å². The number of fused-ring (bicyclic) bond motifs is 1. The van der Waals surface area contributed by atoms with Gasteiger partial charge in [0.25, 0.3) is 0 Å². The number of hydrogen-bond donors (Lipinski definition) is 1. The number of piperazine rings is 1. The number of aryl methyl sites for hydroxylation is 1. The van der Waals surface area contributed by atoms with Gasteiger partial charge in [0, 0.05) is 26.2 Å². The average molecular weight is 217 g/mol. The van der Waals surface area contributed by atoms with Crippen LogP contribution in [-0.2, 0) is 0 Å². The maximum absolute atomic E-state index is 4.57. The molecule has 5 heteroatoms. The molecule has 84 valence electrons. The van der Waals surface area contributed by atoms with E-state index in [1.165, 1.54) is 0 Å². The minimum absolute atomic E-state index is 0.913. The highest BCUT2D eigenvalue weighted by Crippen LogP contribution is 2.12. The van der Waals surface area contributed by atoms with Crippen molar-refractivity contribution in [2.45, 2.75) is 6.92 Å². The number of nitrogens with zero attached hydrogens (tertiary/aromatic N) is 4. The van der Waals surface area contributed by atoms with Crippen LogP contribution in [0.15, 0.2) is 18.3 Å². The number of anilines is 1. The van der Waals surface area contributed by atoms with E-state index in [-0.39, 0.29) is 0 Å². The van der Waals surface area contributed by atoms with E-state index in [2.05, 4.69) is 20.3 Å².